The SMILES string of the molecule is CC(C)c1ccc(OC(C)c2nnc(SCC(=O)N3CCN(c4ccccc4)CC3)n2-c2ccccc2)cc1. The molecule has 1 unspecified atom stereocenters. The van der Waals surface area contributed by atoms with Crippen LogP contribution >= 0.6 is 11.8 Å². The second-order valence-electron chi connectivity index (χ2n) is 9.99. The third-order valence-corrected chi connectivity index (χ3v) is 7.89. The summed E-state index contributed by atoms with van der Waals surface area (Å²) in [6.45, 7) is 9.42. The highest BCUT2D eigenvalue weighted by Crippen LogP contribution is 2.29. The van der Waals surface area contributed by atoms with Crippen LogP contribution in [0.4, 0.5) is 5.69 Å². The van der Waals surface area contributed by atoms with Crippen LogP contribution < -0.4 is 9.64 Å². The predicted octanol–water partition coefficient (Wildman–Crippen LogP) is 5.97. The molecule has 0 saturated carbocycles. The van der Waals surface area contributed by atoms with Gasteiger partial charge in [-0.2, -0.15) is 0 Å². The van der Waals surface area contributed by atoms with Gasteiger partial charge in [0.1, 0.15) is 5.75 Å². The zero-order valence-electron chi connectivity index (χ0n) is 22.7. The number of para-hydroxylation sites is 2. The van der Waals surface area contributed by atoms with Gasteiger partial charge in [-0.1, -0.05) is 74.1 Å². The van der Waals surface area contributed by atoms with E-state index in [-0.39, 0.29) is 12.0 Å². The molecular weight excluding hydrogens is 506 g/mol. The van der Waals surface area contributed by atoms with Crippen molar-refractivity contribution in [1.82, 2.24) is 19.7 Å². The summed E-state index contributed by atoms with van der Waals surface area (Å²) < 4.78 is 8.26. The molecule has 1 fully saturated rings. The van der Waals surface area contributed by atoms with E-state index in [1.807, 2.05) is 64.9 Å². The van der Waals surface area contributed by atoms with E-state index < -0.39 is 0 Å². The monoisotopic (exact) mass is 541 g/mol. The lowest BCUT2D eigenvalue weighted by molar-refractivity contribution is -0.128. The number of hydrogen-bond acceptors (Lipinski definition) is 6. The Labute approximate surface area is 234 Å². The van der Waals surface area contributed by atoms with Gasteiger partial charge in [0.25, 0.3) is 0 Å². The quantitative estimate of drug-likeness (QED) is 0.243. The van der Waals surface area contributed by atoms with Crippen molar-refractivity contribution in [2.75, 3.05) is 36.8 Å². The van der Waals surface area contributed by atoms with Crippen molar-refractivity contribution in [3.63, 3.8) is 0 Å². The fraction of sp³-hybridized carbons (Fsp3) is 0.323. The van der Waals surface area contributed by atoms with Crippen molar-refractivity contribution >= 4 is 23.4 Å². The van der Waals surface area contributed by atoms with Crippen LogP contribution in [0.15, 0.2) is 90.1 Å². The third kappa shape index (κ3) is 6.45. The van der Waals surface area contributed by atoms with Crippen molar-refractivity contribution < 1.29 is 9.53 Å². The second kappa shape index (κ2) is 12.4. The smallest absolute Gasteiger partial charge is 0.233 e. The molecule has 0 spiro atoms. The number of carbonyl (C=O) groups is 1. The molecule has 1 aliphatic rings. The molecule has 1 atom stereocenters. The maximum atomic E-state index is 13.1. The number of rotatable bonds is 9. The fourth-order valence-corrected chi connectivity index (χ4v) is 5.58. The van der Waals surface area contributed by atoms with Gasteiger partial charge in [-0.25, -0.2) is 0 Å². The first-order chi connectivity index (χ1) is 19.0. The van der Waals surface area contributed by atoms with Gasteiger partial charge in [0.05, 0.1) is 5.75 Å². The molecule has 3 aromatic carbocycles. The number of anilines is 1. The summed E-state index contributed by atoms with van der Waals surface area (Å²) in [5.41, 5.74) is 3.41. The van der Waals surface area contributed by atoms with Crippen LogP contribution in [0.5, 0.6) is 5.75 Å². The Morgan fingerprint density at radius 3 is 2.05 bits per heavy atom. The average Bonchev–Trinajstić information content (AvgIpc) is 3.41. The van der Waals surface area contributed by atoms with Gasteiger partial charge >= 0.3 is 0 Å². The standard InChI is InChI=1S/C31H35N5O2S/c1-23(2)25-14-16-28(17-15-25)38-24(3)30-32-33-31(36(30)27-12-8-5-9-13-27)39-22-29(37)35-20-18-34(19-21-35)26-10-6-4-7-11-26/h4-17,23-24H,18-22H2,1-3H3. The van der Waals surface area contributed by atoms with E-state index in [1.165, 1.54) is 23.0 Å². The van der Waals surface area contributed by atoms with E-state index in [0.29, 0.717) is 35.7 Å². The minimum absolute atomic E-state index is 0.117. The highest BCUT2D eigenvalue weighted by atomic mass is 32.2. The van der Waals surface area contributed by atoms with Crippen LogP contribution in [0.2, 0.25) is 0 Å². The molecule has 1 aliphatic heterocycles. The molecule has 1 amide bonds. The molecule has 1 aromatic heterocycles. The topological polar surface area (TPSA) is 63.5 Å². The van der Waals surface area contributed by atoms with E-state index in [9.17, 15) is 4.79 Å². The number of hydrogen-bond donors (Lipinski definition) is 0. The first-order valence-electron chi connectivity index (χ1n) is 13.5. The first kappa shape index (κ1) is 26.8. The van der Waals surface area contributed by atoms with Crippen LogP contribution in [0, 0.1) is 0 Å². The van der Waals surface area contributed by atoms with Crippen molar-refractivity contribution in [3.8, 4) is 11.4 Å². The zero-order valence-corrected chi connectivity index (χ0v) is 23.6. The molecule has 0 N–H and O–H groups in total. The summed E-state index contributed by atoms with van der Waals surface area (Å²) in [6, 6.07) is 28.6. The molecule has 2 heterocycles. The minimum atomic E-state index is -0.335. The molecule has 0 radical (unpaired) electrons. The van der Waals surface area contributed by atoms with Crippen molar-refractivity contribution in [1.29, 1.82) is 0 Å². The summed E-state index contributed by atoms with van der Waals surface area (Å²) in [6.07, 6.45) is -0.335. The highest BCUT2D eigenvalue weighted by molar-refractivity contribution is 7.99. The second-order valence-corrected chi connectivity index (χ2v) is 10.9. The predicted molar refractivity (Wildman–Crippen MR) is 157 cm³/mol. The van der Waals surface area contributed by atoms with E-state index in [2.05, 4.69) is 65.3 Å². The Morgan fingerprint density at radius 2 is 1.44 bits per heavy atom. The Bertz CT molecular complexity index is 1350. The number of nitrogens with zero attached hydrogens (tertiary/aromatic N) is 5. The third-order valence-electron chi connectivity index (χ3n) is 6.97. The molecule has 7 nitrogen and oxygen atoms in total. The van der Waals surface area contributed by atoms with Crippen LogP contribution in [0.3, 0.4) is 0 Å². The van der Waals surface area contributed by atoms with Gasteiger partial charge in [0.2, 0.25) is 5.91 Å². The zero-order chi connectivity index (χ0) is 27.2. The van der Waals surface area contributed by atoms with Crippen LogP contribution in [-0.2, 0) is 4.79 Å². The van der Waals surface area contributed by atoms with Gasteiger partial charge in [0.15, 0.2) is 17.1 Å². The normalized spacial score (nSPS) is 14.5. The number of ether oxygens (including phenoxy) is 1. The van der Waals surface area contributed by atoms with Gasteiger partial charge in [0, 0.05) is 37.6 Å². The molecule has 5 rings (SSSR count). The number of benzene rings is 3. The lowest BCUT2D eigenvalue weighted by atomic mass is 10.0. The summed E-state index contributed by atoms with van der Waals surface area (Å²) in [4.78, 5) is 17.4. The van der Waals surface area contributed by atoms with E-state index >= 15 is 0 Å². The number of carbonyl (C=O) groups excluding carboxylic acids is 1. The minimum Gasteiger partial charge on any atom is -0.483 e. The number of amides is 1. The Balaban J connectivity index is 1.26. The molecular formula is C31H35N5O2S. The Morgan fingerprint density at radius 1 is 0.821 bits per heavy atom. The average molecular weight is 542 g/mol. The number of thioether (sulfide) groups is 1. The van der Waals surface area contributed by atoms with Gasteiger partial charge in [-0.05, 0) is 54.8 Å². The maximum absolute atomic E-state index is 13.1. The Kier molecular flexibility index (Phi) is 8.51. The van der Waals surface area contributed by atoms with Gasteiger partial charge < -0.3 is 14.5 Å². The Hall–Kier alpha value is -3.78. The number of aromatic nitrogens is 3. The van der Waals surface area contributed by atoms with Crippen molar-refractivity contribution in [2.45, 2.75) is 37.9 Å². The highest BCUT2D eigenvalue weighted by Gasteiger charge is 2.24. The van der Waals surface area contributed by atoms with Crippen molar-refractivity contribution in [2.24, 2.45) is 0 Å². The maximum Gasteiger partial charge on any atom is 0.233 e. The van der Waals surface area contributed by atoms with Crippen molar-refractivity contribution in [3.05, 3.63) is 96.3 Å². The van der Waals surface area contributed by atoms with Gasteiger partial charge in [-0.3, -0.25) is 9.36 Å². The molecule has 4 aromatic rings. The molecule has 202 valence electrons. The molecule has 1 saturated heterocycles. The molecule has 0 aliphatic carbocycles. The van der Waals surface area contributed by atoms with Crippen LogP contribution in [0.1, 0.15) is 44.2 Å². The largest absolute Gasteiger partial charge is 0.483 e. The summed E-state index contributed by atoms with van der Waals surface area (Å²) >= 11 is 1.42. The van der Waals surface area contributed by atoms with Crippen LogP contribution in [0.25, 0.3) is 5.69 Å². The summed E-state index contributed by atoms with van der Waals surface area (Å²) in [7, 11) is 0. The fourth-order valence-electron chi connectivity index (χ4n) is 4.72. The molecule has 0 bridgehead atoms. The number of piperazine rings is 1. The first-order valence-corrected chi connectivity index (χ1v) is 14.5. The molecule has 8 heteroatoms. The lowest BCUT2D eigenvalue weighted by Gasteiger charge is -2.36. The van der Waals surface area contributed by atoms with Crippen LogP contribution in [-0.4, -0.2) is 57.5 Å². The van der Waals surface area contributed by atoms with E-state index in [4.69, 9.17) is 4.74 Å². The van der Waals surface area contributed by atoms with Gasteiger partial charge in [-0.15, -0.1) is 10.2 Å². The van der Waals surface area contributed by atoms with E-state index in [1.54, 1.807) is 0 Å². The summed E-state index contributed by atoms with van der Waals surface area (Å²) in [5.74, 6) is 2.37. The summed E-state index contributed by atoms with van der Waals surface area (Å²) in [5, 5.41) is 9.66. The van der Waals surface area contributed by atoms with E-state index in [0.717, 1.165) is 24.5 Å². The molecule has 39 heavy (non-hydrogen) atoms. The lowest BCUT2D eigenvalue weighted by Crippen LogP contribution is -2.49.